The van der Waals surface area contributed by atoms with Gasteiger partial charge in [0.1, 0.15) is 6.33 Å². The van der Waals surface area contributed by atoms with Gasteiger partial charge in [-0.05, 0) is 24.7 Å². The van der Waals surface area contributed by atoms with Gasteiger partial charge in [0.25, 0.3) is 0 Å². The Morgan fingerprint density at radius 2 is 2.16 bits per heavy atom. The van der Waals surface area contributed by atoms with Gasteiger partial charge in [0.2, 0.25) is 0 Å². The number of aromatic nitrogens is 4. The van der Waals surface area contributed by atoms with Gasteiger partial charge in [-0.15, -0.1) is 10.2 Å². The van der Waals surface area contributed by atoms with Crippen molar-refractivity contribution in [2.75, 3.05) is 7.05 Å². The molecule has 0 fully saturated rings. The van der Waals surface area contributed by atoms with Crippen LogP contribution in [0.4, 0.5) is 0 Å². The Morgan fingerprint density at radius 1 is 1.26 bits per heavy atom. The summed E-state index contributed by atoms with van der Waals surface area (Å²) in [6.07, 6.45) is 3.84. The van der Waals surface area contributed by atoms with Crippen molar-refractivity contribution in [2.45, 2.75) is 13.1 Å². The SMILES string of the molecule is CNCc1cccc2c1ccn2Cc1nncn1C. The van der Waals surface area contributed by atoms with E-state index in [1.54, 1.807) is 6.33 Å². The zero-order valence-electron chi connectivity index (χ0n) is 11.2. The van der Waals surface area contributed by atoms with Crippen molar-refractivity contribution < 1.29 is 0 Å². The van der Waals surface area contributed by atoms with Crippen LogP contribution in [0.5, 0.6) is 0 Å². The maximum absolute atomic E-state index is 4.14. The van der Waals surface area contributed by atoms with Gasteiger partial charge in [-0.3, -0.25) is 0 Å². The van der Waals surface area contributed by atoms with Gasteiger partial charge in [-0.1, -0.05) is 12.1 Å². The summed E-state index contributed by atoms with van der Waals surface area (Å²) in [5, 5.41) is 12.6. The minimum Gasteiger partial charge on any atom is -0.340 e. The van der Waals surface area contributed by atoms with Crippen molar-refractivity contribution >= 4 is 10.9 Å². The number of rotatable bonds is 4. The van der Waals surface area contributed by atoms with Gasteiger partial charge < -0.3 is 14.5 Å². The largest absolute Gasteiger partial charge is 0.340 e. The predicted octanol–water partition coefficient (Wildman–Crippen LogP) is 1.54. The Kier molecular flexibility index (Phi) is 3.05. The van der Waals surface area contributed by atoms with Crippen LogP contribution in [0.15, 0.2) is 36.8 Å². The fourth-order valence-electron chi connectivity index (χ4n) is 2.37. The van der Waals surface area contributed by atoms with Gasteiger partial charge in [0.15, 0.2) is 5.82 Å². The zero-order chi connectivity index (χ0) is 13.2. The second-order valence-corrected chi connectivity index (χ2v) is 4.68. The van der Waals surface area contributed by atoms with Crippen LogP contribution in [0, 0.1) is 0 Å². The number of fused-ring (bicyclic) bond motifs is 1. The molecule has 0 saturated heterocycles. The van der Waals surface area contributed by atoms with E-state index in [1.807, 2.05) is 18.7 Å². The molecule has 2 aromatic heterocycles. The summed E-state index contributed by atoms with van der Waals surface area (Å²) in [5.41, 5.74) is 2.55. The van der Waals surface area contributed by atoms with E-state index in [-0.39, 0.29) is 0 Å². The zero-order valence-corrected chi connectivity index (χ0v) is 11.2. The minimum atomic E-state index is 0.739. The first-order chi connectivity index (χ1) is 9.29. The second kappa shape index (κ2) is 4.85. The van der Waals surface area contributed by atoms with E-state index in [1.165, 1.54) is 16.5 Å². The van der Waals surface area contributed by atoms with Crippen LogP contribution < -0.4 is 5.32 Å². The van der Waals surface area contributed by atoms with E-state index in [0.717, 1.165) is 18.9 Å². The minimum absolute atomic E-state index is 0.739. The Morgan fingerprint density at radius 3 is 2.89 bits per heavy atom. The molecule has 3 aromatic rings. The second-order valence-electron chi connectivity index (χ2n) is 4.68. The molecule has 5 nitrogen and oxygen atoms in total. The molecule has 0 saturated carbocycles. The van der Waals surface area contributed by atoms with Crippen molar-refractivity contribution in [1.82, 2.24) is 24.6 Å². The Bertz CT molecular complexity index is 695. The average Bonchev–Trinajstić information content (AvgIpc) is 2.99. The number of nitrogens with zero attached hydrogens (tertiary/aromatic N) is 4. The Labute approximate surface area is 111 Å². The Hall–Kier alpha value is -2.14. The topological polar surface area (TPSA) is 47.7 Å². The van der Waals surface area contributed by atoms with Crippen molar-refractivity contribution in [3.8, 4) is 0 Å². The molecule has 0 unspecified atom stereocenters. The fraction of sp³-hybridized carbons (Fsp3) is 0.286. The highest BCUT2D eigenvalue weighted by Crippen LogP contribution is 2.20. The molecule has 0 bridgehead atoms. The summed E-state index contributed by atoms with van der Waals surface area (Å²) in [6.45, 7) is 1.62. The summed E-state index contributed by atoms with van der Waals surface area (Å²) < 4.78 is 4.15. The first-order valence-electron chi connectivity index (χ1n) is 6.34. The summed E-state index contributed by atoms with van der Waals surface area (Å²) in [7, 11) is 3.93. The summed E-state index contributed by atoms with van der Waals surface area (Å²) >= 11 is 0. The van der Waals surface area contributed by atoms with E-state index in [0.29, 0.717) is 0 Å². The molecule has 3 rings (SSSR count). The molecule has 5 heteroatoms. The highest BCUT2D eigenvalue weighted by Gasteiger charge is 2.07. The average molecular weight is 255 g/mol. The molecule has 1 N–H and O–H groups in total. The fourth-order valence-corrected chi connectivity index (χ4v) is 2.37. The van der Waals surface area contributed by atoms with Crippen LogP contribution in [-0.4, -0.2) is 26.4 Å². The smallest absolute Gasteiger partial charge is 0.152 e. The lowest BCUT2D eigenvalue weighted by Gasteiger charge is -2.06. The molecular weight excluding hydrogens is 238 g/mol. The molecule has 19 heavy (non-hydrogen) atoms. The van der Waals surface area contributed by atoms with E-state index in [2.05, 4.69) is 50.5 Å². The maximum Gasteiger partial charge on any atom is 0.152 e. The van der Waals surface area contributed by atoms with Gasteiger partial charge in [0, 0.05) is 30.7 Å². The lowest BCUT2D eigenvalue weighted by Crippen LogP contribution is -2.06. The van der Waals surface area contributed by atoms with Gasteiger partial charge in [-0.25, -0.2) is 0 Å². The molecule has 2 heterocycles. The van der Waals surface area contributed by atoms with E-state index in [9.17, 15) is 0 Å². The first kappa shape index (κ1) is 11.9. The van der Waals surface area contributed by atoms with Crippen LogP contribution in [0.3, 0.4) is 0 Å². The van der Waals surface area contributed by atoms with E-state index < -0.39 is 0 Å². The van der Waals surface area contributed by atoms with Crippen LogP contribution in [-0.2, 0) is 20.1 Å². The van der Waals surface area contributed by atoms with Crippen LogP contribution >= 0.6 is 0 Å². The highest BCUT2D eigenvalue weighted by atomic mass is 15.3. The molecule has 0 aliphatic carbocycles. The third kappa shape index (κ3) is 2.13. The molecular formula is C14H17N5. The summed E-state index contributed by atoms with van der Waals surface area (Å²) in [5.74, 6) is 0.955. The lowest BCUT2D eigenvalue weighted by atomic mass is 10.1. The third-order valence-corrected chi connectivity index (χ3v) is 3.39. The van der Waals surface area contributed by atoms with Crippen LogP contribution in [0.1, 0.15) is 11.4 Å². The van der Waals surface area contributed by atoms with Crippen molar-refractivity contribution in [2.24, 2.45) is 7.05 Å². The van der Waals surface area contributed by atoms with Crippen LogP contribution in [0.25, 0.3) is 10.9 Å². The number of nitrogens with one attached hydrogen (secondary N) is 1. The molecule has 0 spiro atoms. The van der Waals surface area contributed by atoms with E-state index >= 15 is 0 Å². The van der Waals surface area contributed by atoms with Crippen molar-refractivity contribution in [1.29, 1.82) is 0 Å². The first-order valence-corrected chi connectivity index (χ1v) is 6.34. The van der Waals surface area contributed by atoms with Gasteiger partial charge in [0.05, 0.1) is 6.54 Å². The molecule has 0 atom stereocenters. The Balaban J connectivity index is 2.01. The lowest BCUT2D eigenvalue weighted by molar-refractivity contribution is 0.716. The predicted molar refractivity (Wildman–Crippen MR) is 74.8 cm³/mol. The molecule has 0 aliphatic rings. The molecule has 1 aromatic carbocycles. The molecule has 0 radical (unpaired) electrons. The van der Waals surface area contributed by atoms with Crippen molar-refractivity contribution in [3.63, 3.8) is 0 Å². The number of hydrogen-bond donors (Lipinski definition) is 1. The monoisotopic (exact) mass is 255 g/mol. The van der Waals surface area contributed by atoms with Crippen LogP contribution in [0.2, 0.25) is 0 Å². The maximum atomic E-state index is 4.14. The molecule has 0 aliphatic heterocycles. The quantitative estimate of drug-likeness (QED) is 0.769. The van der Waals surface area contributed by atoms with Crippen molar-refractivity contribution in [3.05, 3.63) is 48.2 Å². The molecule has 0 amide bonds. The third-order valence-electron chi connectivity index (χ3n) is 3.39. The van der Waals surface area contributed by atoms with Gasteiger partial charge >= 0.3 is 0 Å². The number of aryl methyl sites for hydroxylation is 1. The molecule has 98 valence electrons. The van der Waals surface area contributed by atoms with E-state index in [4.69, 9.17) is 0 Å². The summed E-state index contributed by atoms with van der Waals surface area (Å²) in [4.78, 5) is 0. The highest BCUT2D eigenvalue weighted by molar-refractivity contribution is 5.83. The number of benzene rings is 1. The van der Waals surface area contributed by atoms with Gasteiger partial charge in [-0.2, -0.15) is 0 Å². The standard InChI is InChI=1S/C14H17N5/c1-15-8-11-4-3-5-13-12(11)6-7-19(13)9-14-17-16-10-18(14)2/h3-7,10,15H,8-9H2,1-2H3. The normalized spacial score (nSPS) is 11.3. The summed E-state index contributed by atoms with van der Waals surface area (Å²) in [6, 6.07) is 8.57. The number of hydrogen-bond acceptors (Lipinski definition) is 3.